The van der Waals surface area contributed by atoms with Crippen LogP contribution < -0.4 is 9.47 Å². The van der Waals surface area contributed by atoms with Gasteiger partial charge in [-0.15, -0.1) is 0 Å². The molecular weight excluding hydrogens is 378 g/mol. The van der Waals surface area contributed by atoms with E-state index >= 15 is 0 Å². The molecule has 29 heavy (non-hydrogen) atoms. The molecule has 4 nitrogen and oxygen atoms in total. The van der Waals surface area contributed by atoms with Gasteiger partial charge in [0, 0.05) is 30.5 Å². The van der Waals surface area contributed by atoms with Crippen LogP contribution in [0.3, 0.4) is 0 Å². The fourth-order valence-electron chi connectivity index (χ4n) is 2.71. The molecule has 0 spiro atoms. The van der Waals surface area contributed by atoms with Gasteiger partial charge in [-0.3, -0.25) is 4.98 Å². The Balaban J connectivity index is 2.20. The number of pyridine rings is 1. The number of rotatable bonds is 9. The van der Waals surface area contributed by atoms with Crippen LogP contribution in [0, 0.1) is 0 Å². The Morgan fingerprint density at radius 2 is 1.76 bits per heavy atom. The van der Waals surface area contributed by atoms with Crippen LogP contribution in [-0.4, -0.2) is 33.6 Å². The second-order valence-electron chi connectivity index (χ2n) is 9.19. The van der Waals surface area contributed by atoms with E-state index < -0.39 is 8.32 Å². The minimum atomic E-state index is -1.76. The zero-order valence-electron chi connectivity index (χ0n) is 19.3. The highest BCUT2D eigenvalue weighted by molar-refractivity contribution is 6.74. The smallest absolute Gasteiger partial charge is 0.192 e. The summed E-state index contributed by atoms with van der Waals surface area (Å²) in [5.74, 6) is 1.81. The van der Waals surface area contributed by atoms with Crippen LogP contribution in [0.5, 0.6) is 11.5 Å². The van der Waals surface area contributed by atoms with Crippen molar-refractivity contribution in [1.29, 1.82) is 0 Å². The highest BCUT2D eigenvalue weighted by Gasteiger charge is 2.37. The third-order valence-corrected chi connectivity index (χ3v) is 10.3. The van der Waals surface area contributed by atoms with E-state index in [0.29, 0.717) is 6.61 Å². The van der Waals surface area contributed by atoms with Crippen LogP contribution in [0.25, 0.3) is 11.1 Å². The highest BCUT2D eigenvalue weighted by Crippen LogP contribution is 2.37. The minimum absolute atomic E-state index is 0.213. The first kappa shape index (κ1) is 23.4. The van der Waals surface area contributed by atoms with E-state index in [4.69, 9.17) is 13.9 Å². The molecule has 0 saturated carbocycles. The van der Waals surface area contributed by atoms with Crippen molar-refractivity contribution in [2.24, 2.45) is 0 Å². The highest BCUT2D eigenvalue weighted by atomic mass is 28.4. The van der Waals surface area contributed by atoms with Gasteiger partial charge < -0.3 is 13.9 Å². The van der Waals surface area contributed by atoms with Crippen LogP contribution in [-0.2, 0) is 4.43 Å². The van der Waals surface area contributed by atoms with Gasteiger partial charge >= 0.3 is 0 Å². The van der Waals surface area contributed by atoms with Crippen molar-refractivity contribution in [2.75, 3.05) is 20.3 Å². The molecule has 0 saturated heterocycles. The summed E-state index contributed by atoms with van der Waals surface area (Å²) < 4.78 is 17.7. The first-order valence-corrected chi connectivity index (χ1v) is 13.4. The maximum atomic E-state index is 6.42. The fraction of sp³-hybridized carbons (Fsp3) is 0.542. The molecule has 2 rings (SSSR count). The fourth-order valence-corrected chi connectivity index (χ4v) is 3.81. The summed E-state index contributed by atoms with van der Waals surface area (Å²) in [6, 6.07) is 8.25. The third kappa shape index (κ3) is 6.06. The van der Waals surface area contributed by atoms with Gasteiger partial charge in [0.1, 0.15) is 0 Å². The normalized spacial score (nSPS) is 13.2. The summed E-state index contributed by atoms with van der Waals surface area (Å²) in [4.78, 5) is 4.49. The number of methoxy groups -OCH3 is 1. The quantitative estimate of drug-likeness (QED) is 0.429. The van der Waals surface area contributed by atoms with E-state index in [1.165, 1.54) is 5.56 Å². The van der Waals surface area contributed by atoms with E-state index in [1.54, 1.807) is 7.11 Å². The molecule has 1 aromatic heterocycles. The summed E-state index contributed by atoms with van der Waals surface area (Å²) in [6.07, 6.45) is 4.80. The average Bonchev–Trinajstić information content (AvgIpc) is 2.69. The van der Waals surface area contributed by atoms with Crippen molar-refractivity contribution in [1.82, 2.24) is 4.98 Å². The molecular formula is C24H37NO3Si. The summed E-state index contributed by atoms with van der Waals surface area (Å²) in [7, 11) is -0.0931. The molecule has 2 aromatic rings. The van der Waals surface area contributed by atoms with Crippen molar-refractivity contribution in [3.05, 3.63) is 42.2 Å². The van der Waals surface area contributed by atoms with Crippen molar-refractivity contribution < 1.29 is 13.9 Å². The molecule has 0 aliphatic carbocycles. The molecule has 0 N–H and O–H groups in total. The largest absolute Gasteiger partial charge is 0.493 e. The van der Waals surface area contributed by atoms with Crippen LogP contribution >= 0.6 is 0 Å². The molecule has 1 atom stereocenters. The van der Waals surface area contributed by atoms with Gasteiger partial charge in [-0.05, 0) is 53.9 Å². The molecule has 0 bridgehead atoms. The van der Waals surface area contributed by atoms with Crippen LogP contribution in [0.1, 0.15) is 52.5 Å². The van der Waals surface area contributed by atoms with E-state index in [0.717, 1.165) is 35.7 Å². The summed E-state index contributed by atoms with van der Waals surface area (Å²) >= 11 is 0. The summed E-state index contributed by atoms with van der Waals surface area (Å²) in [5.41, 5.74) is 3.34. The Bertz CT molecular complexity index is 799. The van der Waals surface area contributed by atoms with E-state index in [-0.39, 0.29) is 11.0 Å². The Morgan fingerprint density at radius 3 is 2.38 bits per heavy atom. The number of benzene rings is 1. The minimum Gasteiger partial charge on any atom is -0.493 e. The molecule has 0 unspecified atom stereocenters. The Hall–Kier alpha value is -1.85. The number of aromatic nitrogens is 1. The van der Waals surface area contributed by atoms with Gasteiger partial charge in [-0.25, -0.2) is 0 Å². The average molecular weight is 416 g/mol. The summed E-state index contributed by atoms with van der Waals surface area (Å²) in [6.45, 7) is 17.1. The molecule has 0 radical (unpaired) electrons. The van der Waals surface area contributed by atoms with Crippen molar-refractivity contribution in [3.63, 3.8) is 0 Å². The van der Waals surface area contributed by atoms with Gasteiger partial charge in [0.25, 0.3) is 0 Å². The molecule has 0 fully saturated rings. The number of hydrogen-bond donors (Lipinski definition) is 0. The predicted molar refractivity (Wildman–Crippen MR) is 124 cm³/mol. The second-order valence-corrected chi connectivity index (χ2v) is 14.0. The van der Waals surface area contributed by atoms with E-state index in [1.807, 2.05) is 24.5 Å². The van der Waals surface area contributed by atoms with Crippen molar-refractivity contribution >= 4 is 8.32 Å². The van der Waals surface area contributed by atoms with E-state index in [2.05, 4.69) is 64.8 Å². The lowest BCUT2D eigenvalue weighted by Gasteiger charge is -2.37. The number of ether oxygens (including phenoxy) is 2. The van der Waals surface area contributed by atoms with Gasteiger partial charge in [-0.2, -0.15) is 0 Å². The Kier molecular flexibility index (Phi) is 7.89. The molecule has 0 amide bonds. The standard InChI is InChI=1S/C24H37NO3Si/c1-9-12-27-23-14-19(10-11-22(23)26-6)21-13-20(15-25-16-21)18(2)17-28-29(7,8)24(3,4)5/h10-11,13-16,18H,9,12,17H2,1-8H3/t18-/m1/s1. The first-order valence-electron chi connectivity index (χ1n) is 10.5. The Labute approximate surface area is 177 Å². The van der Waals surface area contributed by atoms with Crippen LogP contribution in [0.2, 0.25) is 18.1 Å². The Morgan fingerprint density at radius 1 is 1.03 bits per heavy atom. The van der Waals surface area contributed by atoms with Crippen molar-refractivity contribution in [3.8, 4) is 22.6 Å². The predicted octanol–water partition coefficient (Wildman–Crippen LogP) is 6.67. The molecule has 0 aliphatic rings. The second kappa shape index (κ2) is 9.77. The lowest BCUT2D eigenvalue weighted by Crippen LogP contribution is -2.41. The molecule has 1 heterocycles. The number of hydrogen-bond acceptors (Lipinski definition) is 4. The zero-order chi connectivity index (χ0) is 21.7. The molecule has 1 aromatic carbocycles. The molecule has 5 heteroatoms. The van der Waals surface area contributed by atoms with Gasteiger partial charge in [0.15, 0.2) is 19.8 Å². The van der Waals surface area contributed by atoms with Crippen LogP contribution in [0.15, 0.2) is 36.7 Å². The third-order valence-electron chi connectivity index (χ3n) is 5.79. The first-order chi connectivity index (χ1) is 13.6. The molecule has 0 aliphatic heterocycles. The van der Waals surface area contributed by atoms with Gasteiger partial charge in [-0.1, -0.05) is 40.7 Å². The topological polar surface area (TPSA) is 40.6 Å². The van der Waals surface area contributed by atoms with Crippen LogP contribution in [0.4, 0.5) is 0 Å². The number of nitrogens with zero attached hydrogens (tertiary/aromatic N) is 1. The van der Waals surface area contributed by atoms with Crippen molar-refractivity contribution in [2.45, 2.75) is 65.1 Å². The monoisotopic (exact) mass is 415 g/mol. The maximum absolute atomic E-state index is 6.42. The van der Waals surface area contributed by atoms with Gasteiger partial charge in [0.05, 0.1) is 13.7 Å². The van der Waals surface area contributed by atoms with E-state index in [9.17, 15) is 0 Å². The molecule has 160 valence electrons. The lowest BCUT2D eigenvalue weighted by molar-refractivity contribution is 0.269. The lowest BCUT2D eigenvalue weighted by atomic mass is 9.99. The maximum Gasteiger partial charge on any atom is 0.192 e. The SMILES string of the molecule is CCCOc1cc(-c2cncc([C@H](C)CO[Si](C)(C)C(C)(C)C)c2)ccc1OC. The van der Waals surface area contributed by atoms with Gasteiger partial charge in [0.2, 0.25) is 0 Å². The summed E-state index contributed by atoms with van der Waals surface area (Å²) in [5, 5.41) is 0.213. The zero-order valence-corrected chi connectivity index (χ0v) is 20.3.